The minimum Gasteiger partial charge on any atom is -0.389 e. The van der Waals surface area contributed by atoms with Crippen LogP contribution in [0.3, 0.4) is 0 Å². The highest BCUT2D eigenvalue weighted by Gasteiger charge is 2.45. The van der Waals surface area contributed by atoms with E-state index in [1.807, 2.05) is 4.90 Å². The van der Waals surface area contributed by atoms with Crippen molar-refractivity contribution in [2.45, 2.75) is 56.3 Å². The number of likely N-dealkylation sites (tertiary alicyclic amines) is 1. The Kier molecular flexibility index (Phi) is 4.02. The van der Waals surface area contributed by atoms with Gasteiger partial charge >= 0.3 is 0 Å². The van der Waals surface area contributed by atoms with Crippen LogP contribution in [-0.2, 0) is 9.53 Å². The number of nitrogens with one attached hydrogen (secondary N) is 1. The average Bonchev–Trinajstić information content (AvgIpc) is 2.94. The van der Waals surface area contributed by atoms with Gasteiger partial charge in [-0.15, -0.1) is 0 Å². The van der Waals surface area contributed by atoms with Crippen molar-refractivity contribution in [2.75, 3.05) is 26.7 Å². The summed E-state index contributed by atoms with van der Waals surface area (Å²) in [7, 11) is 1.70. The topological polar surface area (TPSA) is 61.8 Å². The zero-order valence-electron chi connectivity index (χ0n) is 12.3. The second-order valence-electron chi connectivity index (χ2n) is 6.63. The Morgan fingerprint density at radius 1 is 1.40 bits per heavy atom. The zero-order chi connectivity index (χ0) is 14.2. The molecule has 114 valence electrons. The molecule has 4 atom stereocenters. The monoisotopic (exact) mass is 282 g/mol. The average molecular weight is 282 g/mol. The van der Waals surface area contributed by atoms with Crippen molar-refractivity contribution in [3.8, 4) is 0 Å². The normalized spacial score (nSPS) is 41.5. The second-order valence-corrected chi connectivity index (χ2v) is 6.63. The molecule has 0 aromatic heterocycles. The number of carbonyl (C=O) groups is 1. The summed E-state index contributed by atoms with van der Waals surface area (Å²) < 4.78 is 5.31. The van der Waals surface area contributed by atoms with Gasteiger partial charge in [-0.2, -0.15) is 0 Å². The van der Waals surface area contributed by atoms with Crippen LogP contribution in [0.25, 0.3) is 0 Å². The molecule has 2 heterocycles. The minimum atomic E-state index is -0.507. The van der Waals surface area contributed by atoms with Crippen LogP contribution in [0, 0.1) is 5.92 Å². The molecule has 1 aliphatic carbocycles. The summed E-state index contributed by atoms with van der Waals surface area (Å²) in [5.74, 6) is 0.464. The lowest BCUT2D eigenvalue weighted by Gasteiger charge is -2.47. The van der Waals surface area contributed by atoms with E-state index in [0.29, 0.717) is 6.54 Å². The van der Waals surface area contributed by atoms with E-state index < -0.39 is 5.60 Å². The van der Waals surface area contributed by atoms with Gasteiger partial charge in [-0.25, -0.2) is 0 Å². The van der Waals surface area contributed by atoms with Crippen LogP contribution in [0.1, 0.15) is 38.5 Å². The molecule has 1 saturated carbocycles. The van der Waals surface area contributed by atoms with Gasteiger partial charge in [0.1, 0.15) is 0 Å². The summed E-state index contributed by atoms with van der Waals surface area (Å²) in [5.41, 5.74) is -0.507. The molecule has 3 rings (SSSR count). The Hall–Kier alpha value is -0.650. The lowest BCUT2D eigenvalue weighted by atomic mass is 9.71. The first kappa shape index (κ1) is 14.3. The molecule has 5 nitrogen and oxygen atoms in total. The summed E-state index contributed by atoms with van der Waals surface area (Å²) >= 11 is 0. The molecule has 0 aromatic rings. The molecule has 2 aliphatic heterocycles. The zero-order valence-corrected chi connectivity index (χ0v) is 12.3. The van der Waals surface area contributed by atoms with E-state index in [4.69, 9.17) is 4.74 Å². The third kappa shape index (κ3) is 2.59. The Morgan fingerprint density at radius 2 is 2.25 bits per heavy atom. The lowest BCUT2D eigenvalue weighted by molar-refractivity contribution is -0.145. The molecule has 0 spiro atoms. The van der Waals surface area contributed by atoms with Crippen molar-refractivity contribution in [3.63, 3.8) is 0 Å². The van der Waals surface area contributed by atoms with Gasteiger partial charge < -0.3 is 20.1 Å². The number of fused-ring (bicyclic) bond motifs is 1. The van der Waals surface area contributed by atoms with Gasteiger partial charge in [0.2, 0.25) is 5.91 Å². The number of rotatable bonds is 2. The number of amides is 1. The molecule has 2 N–H and O–H groups in total. The first-order chi connectivity index (χ1) is 9.62. The van der Waals surface area contributed by atoms with Gasteiger partial charge in [-0.3, -0.25) is 4.79 Å². The van der Waals surface area contributed by atoms with Crippen molar-refractivity contribution >= 4 is 5.91 Å². The number of ether oxygens (including phenoxy) is 1. The summed E-state index contributed by atoms with van der Waals surface area (Å²) in [5, 5.41) is 13.9. The van der Waals surface area contributed by atoms with Gasteiger partial charge in [0.05, 0.1) is 17.7 Å². The van der Waals surface area contributed by atoms with Crippen molar-refractivity contribution in [3.05, 3.63) is 0 Å². The summed E-state index contributed by atoms with van der Waals surface area (Å²) in [6.45, 7) is 2.18. The molecule has 4 unspecified atom stereocenters. The van der Waals surface area contributed by atoms with Crippen LogP contribution >= 0.6 is 0 Å². The number of methoxy groups -OCH3 is 1. The van der Waals surface area contributed by atoms with Crippen LogP contribution in [-0.4, -0.2) is 60.4 Å². The molecule has 20 heavy (non-hydrogen) atoms. The van der Waals surface area contributed by atoms with Gasteiger partial charge in [0.15, 0.2) is 0 Å². The third-order valence-corrected chi connectivity index (χ3v) is 5.46. The maximum absolute atomic E-state index is 12.6. The van der Waals surface area contributed by atoms with Crippen LogP contribution < -0.4 is 5.32 Å². The molecule has 0 aromatic carbocycles. The van der Waals surface area contributed by atoms with E-state index in [1.54, 1.807) is 7.11 Å². The molecule has 2 saturated heterocycles. The van der Waals surface area contributed by atoms with Gasteiger partial charge in [0, 0.05) is 32.7 Å². The van der Waals surface area contributed by atoms with Crippen LogP contribution in [0.15, 0.2) is 0 Å². The number of piperidine rings is 1. The summed E-state index contributed by atoms with van der Waals surface area (Å²) in [6.07, 6.45) is 5.93. The Morgan fingerprint density at radius 3 is 3.00 bits per heavy atom. The SMILES string of the molecule is COC1CNC(C(=O)N2CCC3(O)CCCCC3C2)C1. The molecule has 0 radical (unpaired) electrons. The molecule has 3 aliphatic rings. The largest absolute Gasteiger partial charge is 0.389 e. The fraction of sp³-hybridized carbons (Fsp3) is 0.933. The van der Waals surface area contributed by atoms with Crippen LogP contribution in [0.2, 0.25) is 0 Å². The first-order valence-corrected chi connectivity index (χ1v) is 7.90. The fourth-order valence-corrected chi connectivity index (χ4v) is 4.06. The summed E-state index contributed by atoms with van der Waals surface area (Å²) in [4.78, 5) is 14.5. The number of hydrogen-bond acceptors (Lipinski definition) is 4. The molecule has 1 amide bonds. The smallest absolute Gasteiger partial charge is 0.239 e. The van der Waals surface area contributed by atoms with E-state index in [0.717, 1.165) is 45.2 Å². The van der Waals surface area contributed by atoms with E-state index >= 15 is 0 Å². The molecule has 3 fully saturated rings. The highest BCUT2D eigenvalue weighted by Crippen LogP contribution is 2.39. The van der Waals surface area contributed by atoms with E-state index in [1.165, 1.54) is 6.42 Å². The predicted molar refractivity (Wildman–Crippen MR) is 75.3 cm³/mol. The van der Waals surface area contributed by atoms with E-state index in [9.17, 15) is 9.90 Å². The third-order valence-electron chi connectivity index (χ3n) is 5.46. The quantitative estimate of drug-likeness (QED) is 0.775. The second kappa shape index (κ2) is 5.62. The van der Waals surface area contributed by atoms with Crippen molar-refractivity contribution in [1.82, 2.24) is 10.2 Å². The Labute approximate surface area is 120 Å². The Bertz CT molecular complexity index is 376. The minimum absolute atomic E-state index is 0.102. The van der Waals surface area contributed by atoms with Crippen LogP contribution in [0.4, 0.5) is 0 Å². The van der Waals surface area contributed by atoms with Crippen molar-refractivity contribution < 1.29 is 14.6 Å². The van der Waals surface area contributed by atoms with Gasteiger partial charge in [0.25, 0.3) is 0 Å². The maximum Gasteiger partial charge on any atom is 0.239 e. The molecular weight excluding hydrogens is 256 g/mol. The molecule has 5 heteroatoms. The molecular formula is C15H26N2O3. The first-order valence-electron chi connectivity index (χ1n) is 7.90. The number of nitrogens with zero attached hydrogens (tertiary/aromatic N) is 1. The Balaban J connectivity index is 1.60. The highest BCUT2D eigenvalue weighted by molar-refractivity contribution is 5.82. The van der Waals surface area contributed by atoms with Gasteiger partial charge in [-0.05, 0) is 25.7 Å². The lowest BCUT2D eigenvalue weighted by Crippen LogP contribution is -2.57. The van der Waals surface area contributed by atoms with E-state index in [-0.39, 0.29) is 24.0 Å². The van der Waals surface area contributed by atoms with Crippen molar-refractivity contribution in [2.24, 2.45) is 5.92 Å². The number of hydrogen-bond donors (Lipinski definition) is 2. The van der Waals surface area contributed by atoms with Gasteiger partial charge in [-0.1, -0.05) is 12.8 Å². The number of aliphatic hydroxyl groups is 1. The predicted octanol–water partition coefficient (Wildman–Crippen LogP) is 0.517. The van der Waals surface area contributed by atoms with Crippen LogP contribution in [0.5, 0.6) is 0 Å². The van der Waals surface area contributed by atoms with E-state index in [2.05, 4.69) is 5.32 Å². The number of carbonyl (C=O) groups excluding carboxylic acids is 1. The fourth-order valence-electron chi connectivity index (χ4n) is 4.06. The van der Waals surface area contributed by atoms with Crippen molar-refractivity contribution in [1.29, 1.82) is 0 Å². The summed E-state index contributed by atoms with van der Waals surface area (Å²) in [6, 6.07) is -0.102. The standard InChI is InChI=1S/C15H26N2O3/c1-20-12-8-13(16-9-12)14(18)17-7-6-15(19)5-3-2-4-11(15)10-17/h11-13,16,19H,2-10H2,1H3. The highest BCUT2D eigenvalue weighted by atomic mass is 16.5. The molecule has 0 bridgehead atoms. The maximum atomic E-state index is 12.6.